The Bertz CT molecular complexity index is 766. The SMILES string of the molecule is N#C/C(=C(/N)c1c(Cl)cccc1[N+](=O)[O-])c1cccnc1. The third-order valence-corrected chi connectivity index (χ3v) is 3.10. The van der Waals surface area contributed by atoms with Crippen molar-refractivity contribution in [1.82, 2.24) is 4.98 Å². The smallest absolute Gasteiger partial charge is 0.280 e. The Morgan fingerprint density at radius 2 is 2.14 bits per heavy atom. The minimum atomic E-state index is -0.591. The number of halogens is 1. The van der Waals surface area contributed by atoms with E-state index in [-0.39, 0.29) is 27.5 Å². The van der Waals surface area contributed by atoms with Crippen molar-refractivity contribution in [2.75, 3.05) is 0 Å². The Morgan fingerprint density at radius 3 is 2.71 bits per heavy atom. The molecule has 0 radical (unpaired) electrons. The minimum absolute atomic E-state index is 0.0320. The van der Waals surface area contributed by atoms with Crippen LogP contribution in [0.15, 0.2) is 42.7 Å². The first-order valence-electron chi connectivity index (χ1n) is 5.79. The maximum atomic E-state index is 11.1. The quantitative estimate of drug-likeness (QED) is 0.533. The molecule has 1 aromatic carbocycles. The van der Waals surface area contributed by atoms with Gasteiger partial charge in [0.25, 0.3) is 5.69 Å². The molecular weight excluding hydrogens is 292 g/mol. The standard InChI is InChI=1S/C14H9ClN4O2/c15-11-4-1-5-12(19(20)21)13(11)14(17)10(7-16)9-3-2-6-18-8-9/h1-6,8H,17H2/b14-10-. The molecule has 0 saturated heterocycles. The molecule has 0 unspecified atom stereocenters. The van der Waals surface area contributed by atoms with Gasteiger partial charge in [0.2, 0.25) is 0 Å². The number of hydrogen-bond acceptors (Lipinski definition) is 5. The van der Waals surface area contributed by atoms with Crippen LogP contribution in [0.1, 0.15) is 11.1 Å². The number of hydrogen-bond donors (Lipinski definition) is 1. The average Bonchev–Trinajstić information content (AvgIpc) is 2.48. The Morgan fingerprint density at radius 1 is 1.38 bits per heavy atom. The van der Waals surface area contributed by atoms with E-state index in [1.54, 1.807) is 18.3 Å². The van der Waals surface area contributed by atoms with Crippen LogP contribution in [0.2, 0.25) is 5.02 Å². The van der Waals surface area contributed by atoms with Gasteiger partial charge in [0.1, 0.15) is 6.07 Å². The fourth-order valence-electron chi connectivity index (χ4n) is 1.85. The molecule has 0 aliphatic heterocycles. The number of nitro benzene ring substituents is 1. The summed E-state index contributed by atoms with van der Waals surface area (Å²) < 4.78 is 0. The molecule has 0 aliphatic rings. The van der Waals surface area contributed by atoms with Gasteiger partial charge in [0, 0.05) is 24.0 Å². The molecule has 0 bridgehead atoms. The highest BCUT2D eigenvalue weighted by molar-refractivity contribution is 6.33. The molecule has 0 spiro atoms. The first kappa shape index (κ1) is 14.5. The number of pyridine rings is 1. The molecule has 0 aliphatic carbocycles. The summed E-state index contributed by atoms with van der Waals surface area (Å²) in [4.78, 5) is 14.4. The van der Waals surface area contributed by atoms with E-state index < -0.39 is 4.92 Å². The van der Waals surface area contributed by atoms with Crippen molar-refractivity contribution in [2.24, 2.45) is 5.73 Å². The number of nitrogens with zero attached hydrogens (tertiary/aromatic N) is 3. The number of nitrogens with two attached hydrogens (primary N) is 1. The molecule has 21 heavy (non-hydrogen) atoms. The van der Waals surface area contributed by atoms with Gasteiger partial charge in [0.15, 0.2) is 0 Å². The van der Waals surface area contributed by atoms with Crippen molar-refractivity contribution >= 4 is 28.6 Å². The highest BCUT2D eigenvalue weighted by Crippen LogP contribution is 2.33. The maximum absolute atomic E-state index is 11.1. The fraction of sp³-hybridized carbons (Fsp3) is 0. The van der Waals surface area contributed by atoms with Crippen molar-refractivity contribution < 1.29 is 4.92 Å². The molecule has 0 atom stereocenters. The van der Waals surface area contributed by atoms with Crippen molar-refractivity contribution in [3.63, 3.8) is 0 Å². The number of nitro groups is 1. The van der Waals surface area contributed by atoms with Gasteiger partial charge in [-0.1, -0.05) is 23.7 Å². The van der Waals surface area contributed by atoms with Crippen molar-refractivity contribution in [1.29, 1.82) is 5.26 Å². The predicted molar refractivity (Wildman–Crippen MR) is 79.0 cm³/mol. The second kappa shape index (κ2) is 6.03. The lowest BCUT2D eigenvalue weighted by Gasteiger charge is -2.08. The van der Waals surface area contributed by atoms with Crippen LogP contribution in [0.25, 0.3) is 11.3 Å². The minimum Gasteiger partial charge on any atom is -0.397 e. The lowest BCUT2D eigenvalue weighted by atomic mass is 10.0. The van der Waals surface area contributed by atoms with Crippen molar-refractivity contribution in [3.05, 3.63) is 69.0 Å². The molecule has 2 N–H and O–H groups in total. The van der Waals surface area contributed by atoms with E-state index in [1.165, 1.54) is 24.4 Å². The molecule has 6 nitrogen and oxygen atoms in total. The van der Waals surface area contributed by atoms with Crippen molar-refractivity contribution in [2.45, 2.75) is 0 Å². The second-order valence-electron chi connectivity index (χ2n) is 4.03. The number of nitriles is 1. The van der Waals surface area contributed by atoms with Gasteiger partial charge in [-0.15, -0.1) is 0 Å². The zero-order valence-corrected chi connectivity index (χ0v) is 11.4. The van der Waals surface area contributed by atoms with Gasteiger partial charge >= 0.3 is 0 Å². The second-order valence-corrected chi connectivity index (χ2v) is 4.44. The highest BCUT2D eigenvalue weighted by atomic mass is 35.5. The van der Waals surface area contributed by atoms with E-state index in [0.29, 0.717) is 5.56 Å². The van der Waals surface area contributed by atoms with Gasteiger partial charge in [-0.25, -0.2) is 0 Å². The molecule has 104 valence electrons. The predicted octanol–water partition coefficient (Wildman–Crippen LogP) is 2.99. The van der Waals surface area contributed by atoms with E-state index in [9.17, 15) is 15.4 Å². The first-order chi connectivity index (χ1) is 10.1. The number of allylic oxidation sites excluding steroid dienone is 1. The van der Waals surface area contributed by atoms with Crippen LogP contribution in [0.5, 0.6) is 0 Å². The molecule has 2 aromatic rings. The van der Waals surface area contributed by atoms with Crippen LogP contribution in [-0.4, -0.2) is 9.91 Å². The van der Waals surface area contributed by atoms with Crippen molar-refractivity contribution in [3.8, 4) is 6.07 Å². The first-order valence-corrected chi connectivity index (χ1v) is 6.17. The largest absolute Gasteiger partial charge is 0.397 e. The molecule has 7 heteroatoms. The van der Waals surface area contributed by atoms with Crippen LogP contribution in [-0.2, 0) is 0 Å². The van der Waals surface area contributed by atoms with Gasteiger partial charge < -0.3 is 5.73 Å². The van der Waals surface area contributed by atoms with Gasteiger partial charge in [-0.05, 0) is 12.1 Å². The Kier molecular flexibility index (Phi) is 4.16. The Hall–Kier alpha value is -2.91. The number of benzene rings is 1. The van der Waals surface area contributed by atoms with Crippen LogP contribution < -0.4 is 5.73 Å². The maximum Gasteiger partial charge on any atom is 0.280 e. The normalized spacial score (nSPS) is 11.4. The van der Waals surface area contributed by atoms with E-state index >= 15 is 0 Å². The number of rotatable bonds is 3. The summed E-state index contributed by atoms with van der Waals surface area (Å²) in [5, 5.41) is 20.5. The third-order valence-electron chi connectivity index (χ3n) is 2.79. The van der Waals surface area contributed by atoms with E-state index in [2.05, 4.69) is 4.98 Å². The van der Waals surface area contributed by atoms with Gasteiger partial charge in [-0.3, -0.25) is 15.1 Å². The molecule has 1 aromatic heterocycles. The summed E-state index contributed by atoms with van der Waals surface area (Å²) >= 11 is 6.01. The monoisotopic (exact) mass is 300 g/mol. The van der Waals surface area contributed by atoms with E-state index in [4.69, 9.17) is 17.3 Å². The zero-order chi connectivity index (χ0) is 15.4. The molecule has 0 saturated carbocycles. The van der Waals surface area contributed by atoms with Gasteiger partial charge in [-0.2, -0.15) is 5.26 Å². The zero-order valence-electron chi connectivity index (χ0n) is 10.7. The van der Waals surface area contributed by atoms with E-state index in [0.717, 1.165) is 0 Å². The summed E-state index contributed by atoms with van der Waals surface area (Å²) in [5.41, 5.74) is 6.23. The Balaban J connectivity index is 2.74. The molecule has 2 rings (SSSR count). The Labute approximate surface area is 125 Å². The molecule has 0 amide bonds. The summed E-state index contributed by atoms with van der Waals surface area (Å²) in [6.07, 6.45) is 3.00. The summed E-state index contributed by atoms with van der Waals surface area (Å²) in [7, 11) is 0. The van der Waals surface area contributed by atoms with E-state index in [1.807, 2.05) is 6.07 Å². The van der Waals surface area contributed by atoms with Crippen LogP contribution in [0.3, 0.4) is 0 Å². The molecular formula is C14H9ClN4O2. The highest BCUT2D eigenvalue weighted by Gasteiger charge is 2.21. The van der Waals surface area contributed by atoms with Crippen LogP contribution >= 0.6 is 11.6 Å². The van der Waals surface area contributed by atoms with Crippen LogP contribution in [0.4, 0.5) is 5.69 Å². The fourth-order valence-corrected chi connectivity index (χ4v) is 2.12. The summed E-state index contributed by atoms with van der Waals surface area (Å²) in [6.45, 7) is 0. The average molecular weight is 301 g/mol. The lowest BCUT2D eigenvalue weighted by molar-refractivity contribution is -0.385. The summed E-state index contributed by atoms with van der Waals surface area (Å²) in [6, 6.07) is 9.44. The third kappa shape index (κ3) is 2.83. The topological polar surface area (TPSA) is 106 Å². The number of aromatic nitrogens is 1. The van der Waals surface area contributed by atoms with Crippen LogP contribution in [0, 0.1) is 21.4 Å². The van der Waals surface area contributed by atoms with Gasteiger partial charge in [0.05, 0.1) is 26.8 Å². The molecule has 0 fully saturated rings. The lowest BCUT2D eigenvalue weighted by Crippen LogP contribution is -2.05. The molecule has 1 heterocycles. The summed E-state index contributed by atoms with van der Waals surface area (Å²) in [5.74, 6) is 0.